The van der Waals surface area contributed by atoms with Crippen LogP contribution in [0.25, 0.3) is 17.1 Å². The van der Waals surface area contributed by atoms with E-state index < -0.39 is 0 Å². The lowest BCUT2D eigenvalue weighted by atomic mass is 10.1. The second-order valence-corrected chi connectivity index (χ2v) is 8.76. The molecule has 0 spiro atoms. The molecule has 1 aliphatic rings. The molecule has 188 valence electrons. The zero-order valence-corrected chi connectivity index (χ0v) is 21.1. The Morgan fingerprint density at radius 2 is 1.49 bits per heavy atom. The predicted octanol–water partition coefficient (Wildman–Crippen LogP) is 7.80. The van der Waals surface area contributed by atoms with E-state index in [9.17, 15) is 0 Å². The van der Waals surface area contributed by atoms with Crippen molar-refractivity contribution >= 4 is 23.5 Å². The van der Waals surface area contributed by atoms with E-state index in [1.807, 2.05) is 115 Å². The first kappa shape index (κ1) is 23.9. The molecule has 0 aliphatic carbocycles. The number of aromatic nitrogens is 3. The maximum Gasteiger partial charge on any atom is 0.253 e. The van der Waals surface area contributed by atoms with E-state index in [0.717, 1.165) is 39.6 Å². The summed E-state index contributed by atoms with van der Waals surface area (Å²) in [6.07, 6.45) is 9.17. The molecule has 1 aromatic heterocycles. The van der Waals surface area contributed by atoms with Gasteiger partial charge in [-0.2, -0.15) is 9.67 Å². The summed E-state index contributed by atoms with van der Waals surface area (Å²) in [6, 6.07) is 36.0. The van der Waals surface area contributed by atoms with Gasteiger partial charge in [0.2, 0.25) is 0 Å². The van der Waals surface area contributed by atoms with Gasteiger partial charge in [-0.25, -0.2) is 4.99 Å². The first-order valence-electron chi connectivity index (χ1n) is 12.6. The van der Waals surface area contributed by atoms with Crippen LogP contribution in [0.5, 0.6) is 5.75 Å². The molecule has 2 heterocycles. The second-order valence-electron chi connectivity index (χ2n) is 8.76. The Balaban J connectivity index is 1.32. The molecule has 5 aromatic rings. The van der Waals surface area contributed by atoms with Crippen molar-refractivity contribution in [1.82, 2.24) is 14.8 Å². The minimum atomic E-state index is 0.506. The van der Waals surface area contributed by atoms with Crippen LogP contribution in [-0.4, -0.2) is 21.0 Å². The fourth-order valence-corrected chi connectivity index (χ4v) is 4.31. The van der Waals surface area contributed by atoms with Gasteiger partial charge in [0.15, 0.2) is 11.6 Å². The smallest absolute Gasteiger partial charge is 0.253 e. The number of fused-ring (bicyclic) bond motifs is 1. The van der Waals surface area contributed by atoms with Gasteiger partial charge < -0.3 is 9.64 Å². The predicted molar refractivity (Wildman–Crippen MR) is 157 cm³/mol. The number of hydrogen-bond donors (Lipinski definition) is 0. The van der Waals surface area contributed by atoms with Crippen molar-refractivity contribution in [3.63, 3.8) is 0 Å². The maximum absolute atomic E-state index is 5.85. The van der Waals surface area contributed by atoms with Gasteiger partial charge in [0.1, 0.15) is 6.26 Å². The number of nitrogens with zero attached hydrogens (tertiary/aromatic N) is 5. The molecule has 1 aliphatic heterocycles. The molecule has 0 saturated carbocycles. The van der Waals surface area contributed by atoms with Gasteiger partial charge in [-0.15, -0.1) is 5.10 Å². The number of benzene rings is 4. The van der Waals surface area contributed by atoms with Gasteiger partial charge >= 0.3 is 0 Å². The third-order valence-electron chi connectivity index (χ3n) is 6.18. The minimum absolute atomic E-state index is 0.506. The van der Waals surface area contributed by atoms with Crippen molar-refractivity contribution in [2.75, 3.05) is 4.90 Å². The van der Waals surface area contributed by atoms with E-state index in [-0.39, 0.29) is 0 Å². The third-order valence-corrected chi connectivity index (χ3v) is 6.18. The third kappa shape index (κ3) is 5.04. The summed E-state index contributed by atoms with van der Waals surface area (Å²) in [4.78, 5) is 11.6. The first-order valence-corrected chi connectivity index (χ1v) is 12.6. The molecule has 6 nitrogen and oxygen atoms in total. The molecule has 0 radical (unpaired) electrons. The fraction of sp³-hybridized carbons (Fsp3) is 0. The summed E-state index contributed by atoms with van der Waals surface area (Å²) >= 11 is 0. The lowest BCUT2D eigenvalue weighted by Crippen LogP contribution is -2.19. The van der Waals surface area contributed by atoms with Crippen LogP contribution in [0.15, 0.2) is 151 Å². The van der Waals surface area contributed by atoms with E-state index in [1.165, 1.54) is 0 Å². The minimum Gasteiger partial charge on any atom is -0.461 e. The first-order chi connectivity index (χ1) is 19.3. The molecule has 0 atom stereocenters. The van der Waals surface area contributed by atoms with Gasteiger partial charge in [-0.05, 0) is 48.0 Å². The molecule has 0 fully saturated rings. The van der Waals surface area contributed by atoms with Gasteiger partial charge in [-0.3, -0.25) is 0 Å². The summed E-state index contributed by atoms with van der Waals surface area (Å²) in [5.74, 6) is 1.93. The van der Waals surface area contributed by atoms with Crippen LogP contribution in [0.1, 0.15) is 5.56 Å². The monoisotopic (exact) mass is 507 g/mol. The number of aliphatic imine (C=N–C) groups is 1. The lowest BCUT2D eigenvalue weighted by molar-refractivity contribution is 0.468. The highest BCUT2D eigenvalue weighted by Crippen LogP contribution is 2.40. The van der Waals surface area contributed by atoms with Crippen molar-refractivity contribution in [3.8, 4) is 22.8 Å². The Morgan fingerprint density at radius 3 is 2.26 bits per heavy atom. The normalized spacial score (nSPS) is 12.8. The van der Waals surface area contributed by atoms with Crippen LogP contribution in [-0.2, 0) is 0 Å². The molecule has 0 bridgehead atoms. The number of allylic oxidation sites excluding steroid dienone is 3. The van der Waals surface area contributed by atoms with Crippen LogP contribution >= 0.6 is 0 Å². The van der Waals surface area contributed by atoms with Crippen molar-refractivity contribution in [2.24, 2.45) is 4.99 Å². The molecular weight excluding hydrogens is 482 g/mol. The van der Waals surface area contributed by atoms with E-state index >= 15 is 0 Å². The molecule has 0 unspecified atom stereocenters. The zero-order valence-electron chi connectivity index (χ0n) is 21.1. The Bertz CT molecular complexity index is 1680. The van der Waals surface area contributed by atoms with E-state index in [4.69, 9.17) is 19.8 Å². The SMILES string of the molecule is C=C/C=C\C1=COc2ccccc2N1c1ccc(/C=N/c2nc(-c3ccccc3)nn2-c2ccccc2)cc1. The van der Waals surface area contributed by atoms with Crippen molar-refractivity contribution < 1.29 is 4.74 Å². The van der Waals surface area contributed by atoms with E-state index in [2.05, 4.69) is 23.6 Å². The summed E-state index contributed by atoms with van der Waals surface area (Å²) in [6.45, 7) is 3.79. The highest BCUT2D eigenvalue weighted by molar-refractivity contribution is 5.84. The molecule has 4 aromatic carbocycles. The highest BCUT2D eigenvalue weighted by Gasteiger charge is 2.21. The largest absolute Gasteiger partial charge is 0.461 e. The van der Waals surface area contributed by atoms with Gasteiger partial charge in [0.05, 0.1) is 17.1 Å². The highest BCUT2D eigenvalue weighted by atomic mass is 16.5. The lowest BCUT2D eigenvalue weighted by Gasteiger charge is -2.30. The fourth-order valence-electron chi connectivity index (χ4n) is 4.31. The van der Waals surface area contributed by atoms with E-state index in [1.54, 1.807) is 17.0 Å². The molecule has 6 heteroatoms. The van der Waals surface area contributed by atoms with Gasteiger partial charge in [-0.1, -0.05) is 91.5 Å². The Morgan fingerprint density at radius 1 is 0.769 bits per heavy atom. The number of anilines is 2. The second kappa shape index (κ2) is 10.9. The van der Waals surface area contributed by atoms with Crippen LogP contribution in [0, 0.1) is 0 Å². The van der Waals surface area contributed by atoms with Crippen LogP contribution in [0.2, 0.25) is 0 Å². The molecular formula is C33H25N5O. The average molecular weight is 508 g/mol. The van der Waals surface area contributed by atoms with Crippen molar-refractivity contribution in [1.29, 1.82) is 0 Å². The number of hydrogen-bond acceptors (Lipinski definition) is 5. The molecule has 0 N–H and O–H groups in total. The standard InChI is InChI=1S/C33H25N5O/c1-2-3-14-29-24-39-31-18-11-10-17-30(31)37(29)27-21-19-25(20-22-27)23-34-33-35-32(26-12-6-4-7-13-26)36-38(33)28-15-8-5-9-16-28/h2-24H,1H2/b14-3-,34-23+. The van der Waals surface area contributed by atoms with Crippen LogP contribution < -0.4 is 9.64 Å². The van der Waals surface area contributed by atoms with Gasteiger partial charge in [0, 0.05) is 17.5 Å². The average Bonchev–Trinajstić information content (AvgIpc) is 3.44. The Hall–Kier alpha value is -5.49. The molecule has 0 amide bonds. The van der Waals surface area contributed by atoms with Crippen LogP contribution in [0.4, 0.5) is 17.3 Å². The number of rotatable bonds is 7. The van der Waals surface area contributed by atoms with Crippen molar-refractivity contribution in [3.05, 3.63) is 152 Å². The summed E-state index contributed by atoms with van der Waals surface area (Å²) < 4.78 is 7.62. The topological polar surface area (TPSA) is 55.5 Å². The molecule has 0 saturated heterocycles. The molecule has 6 rings (SSSR count). The number of ether oxygens (including phenoxy) is 1. The number of para-hydroxylation sites is 3. The maximum atomic E-state index is 5.85. The van der Waals surface area contributed by atoms with Crippen molar-refractivity contribution in [2.45, 2.75) is 0 Å². The summed E-state index contributed by atoms with van der Waals surface area (Å²) in [5, 5.41) is 4.75. The zero-order chi connectivity index (χ0) is 26.4. The Labute approximate surface area is 227 Å². The summed E-state index contributed by atoms with van der Waals surface area (Å²) in [7, 11) is 0. The van der Waals surface area contributed by atoms with E-state index in [0.29, 0.717) is 11.8 Å². The summed E-state index contributed by atoms with van der Waals surface area (Å²) in [5.41, 5.74) is 5.65. The quantitative estimate of drug-likeness (QED) is 0.167. The molecule has 39 heavy (non-hydrogen) atoms. The van der Waals surface area contributed by atoms with Gasteiger partial charge in [0.25, 0.3) is 5.95 Å². The van der Waals surface area contributed by atoms with Crippen LogP contribution in [0.3, 0.4) is 0 Å². The Kier molecular flexibility index (Phi) is 6.65.